The molecule has 1 unspecified atom stereocenters. The van der Waals surface area contributed by atoms with Crippen LogP contribution in [0.4, 0.5) is 0 Å². The molecule has 120 valence electrons. The summed E-state index contributed by atoms with van der Waals surface area (Å²) < 4.78 is 10.6. The topological polar surface area (TPSA) is 30.5 Å². The molecular formula is C18H31NO2. The Kier molecular flexibility index (Phi) is 9.11. The van der Waals surface area contributed by atoms with E-state index in [0.29, 0.717) is 5.92 Å². The zero-order valence-electron chi connectivity index (χ0n) is 14.0. The number of para-hydroxylation sites is 1. The van der Waals surface area contributed by atoms with Crippen molar-refractivity contribution in [1.82, 2.24) is 5.32 Å². The smallest absolute Gasteiger partial charge is 0.122 e. The Balaban J connectivity index is 2.57. The highest BCUT2D eigenvalue weighted by atomic mass is 16.5. The van der Waals surface area contributed by atoms with Crippen molar-refractivity contribution in [3.8, 4) is 5.75 Å². The molecule has 0 spiro atoms. The molecule has 0 aliphatic rings. The van der Waals surface area contributed by atoms with E-state index >= 15 is 0 Å². The minimum Gasteiger partial charge on any atom is -0.496 e. The van der Waals surface area contributed by atoms with Crippen LogP contribution in [-0.2, 0) is 11.2 Å². The molecule has 1 aromatic carbocycles. The van der Waals surface area contributed by atoms with Crippen molar-refractivity contribution in [2.75, 3.05) is 33.9 Å². The molecular weight excluding hydrogens is 262 g/mol. The van der Waals surface area contributed by atoms with E-state index < -0.39 is 0 Å². The number of hydrogen-bond acceptors (Lipinski definition) is 3. The summed E-state index contributed by atoms with van der Waals surface area (Å²) in [5.74, 6) is 2.40. The van der Waals surface area contributed by atoms with Crippen molar-refractivity contribution in [2.24, 2.45) is 11.8 Å². The van der Waals surface area contributed by atoms with Gasteiger partial charge in [0, 0.05) is 13.7 Å². The third-order valence-electron chi connectivity index (χ3n) is 3.77. The largest absolute Gasteiger partial charge is 0.496 e. The van der Waals surface area contributed by atoms with E-state index in [1.165, 1.54) is 18.4 Å². The van der Waals surface area contributed by atoms with Gasteiger partial charge in [-0.2, -0.15) is 0 Å². The molecule has 1 aromatic rings. The number of nitrogens with one attached hydrogen (secondary N) is 1. The first-order valence-corrected chi connectivity index (χ1v) is 7.99. The fourth-order valence-electron chi connectivity index (χ4n) is 2.51. The molecule has 1 N–H and O–H groups in total. The van der Waals surface area contributed by atoms with Gasteiger partial charge in [-0.1, -0.05) is 38.5 Å². The summed E-state index contributed by atoms with van der Waals surface area (Å²) in [6.45, 7) is 7.30. The molecule has 0 amide bonds. The maximum Gasteiger partial charge on any atom is 0.122 e. The van der Waals surface area contributed by atoms with Crippen LogP contribution in [0.15, 0.2) is 24.3 Å². The maximum absolute atomic E-state index is 5.47. The Morgan fingerprint density at radius 2 is 1.86 bits per heavy atom. The van der Waals surface area contributed by atoms with Gasteiger partial charge in [0.2, 0.25) is 0 Å². The van der Waals surface area contributed by atoms with E-state index in [1.807, 2.05) is 12.1 Å². The van der Waals surface area contributed by atoms with Crippen LogP contribution < -0.4 is 10.1 Å². The van der Waals surface area contributed by atoms with Gasteiger partial charge in [0.25, 0.3) is 0 Å². The van der Waals surface area contributed by atoms with Crippen LogP contribution in [0.2, 0.25) is 0 Å². The SMILES string of the molecule is COCCNCC(CCC(C)C)Cc1ccccc1OC. The zero-order chi connectivity index (χ0) is 15.5. The van der Waals surface area contributed by atoms with Gasteiger partial charge in [0.1, 0.15) is 5.75 Å². The molecule has 0 radical (unpaired) electrons. The molecule has 3 heteroatoms. The lowest BCUT2D eigenvalue weighted by atomic mass is 9.91. The number of benzene rings is 1. The highest BCUT2D eigenvalue weighted by Gasteiger charge is 2.13. The van der Waals surface area contributed by atoms with Crippen molar-refractivity contribution in [1.29, 1.82) is 0 Å². The van der Waals surface area contributed by atoms with E-state index in [-0.39, 0.29) is 0 Å². The van der Waals surface area contributed by atoms with Crippen molar-refractivity contribution < 1.29 is 9.47 Å². The molecule has 0 aliphatic heterocycles. The lowest BCUT2D eigenvalue weighted by Crippen LogP contribution is -2.27. The quantitative estimate of drug-likeness (QED) is 0.633. The number of methoxy groups -OCH3 is 2. The molecule has 0 saturated heterocycles. The number of hydrogen-bond donors (Lipinski definition) is 1. The van der Waals surface area contributed by atoms with E-state index in [9.17, 15) is 0 Å². The minimum atomic E-state index is 0.639. The fourth-order valence-corrected chi connectivity index (χ4v) is 2.51. The van der Waals surface area contributed by atoms with Gasteiger partial charge in [0.15, 0.2) is 0 Å². The van der Waals surface area contributed by atoms with E-state index in [1.54, 1.807) is 14.2 Å². The van der Waals surface area contributed by atoms with Crippen LogP contribution in [0.3, 0.4) is 0 Å². The summed E-state index contributed by atoms with van der Waals surface area (Å²) in [6, 6.07) is 8.35. The summed E-state index contributed by atoms with van der Waals surface area (Å²) in [5, 5.41) is 3.50. The van der Waals surface area contributed by atoms with Crippen LogP contribution >= 0.6 is 0 Å². The summed E-state index contributed by atoms with van der Waals surface area (Å²) in [7, 11) is 3.49. The summed E-state index contributed by atoms with van der Waals surface area (Å²) >= 11 is 0. The highest BCUT2D eigenvalue weighted by molar-refractivity contribution is 5.33. The molecule has 0 fully saturated rings. The van der Waals surface area contributed by atoms with Gasteiger partial charge in [-0.15, -0.1) is 0 Å². The van der Waals surface area contributed by atoms with Crippen molar-refractivity contribution >= 4 is 0 Å². The predicted molar refractivity (Wildman–Crippen MR) is 89.0 cm³/mol. The molecule has 3 nitrogen and oxygen atoms in total. The predicted octanol–water partition coefficient (Wildman–Crippen LogP) is 3.53. The van der Waals surface area contributed by atoms with Crippen molar-refractivity contribution in [2.45, 2.75) is 33.1 Å². The van der Waals surface area contributed by atoms with Crippen LogP contribution in [0.5, 0.6) is 5.75 Å². The lowest BCUT2D eigenvalue weighted by molar-refractivity contribution is 0.197. The van der Waals surface area contributed by atoms with Crippen LogP contribution in [0.1, 0.15) is 32.3 Å². The Morgan fingerprint density at radius 1 is 1.10 bits per heavy atom. The van der Waals surface area contributed by atoms with Crippen LogP contribution in [0, 0.1) is 11.8 Å². The normalized spacial score (nSPS) is 12.6. The highest BCUT2D eigenvalue weighted by Crippen LogP contribution is 2.23. The van der Waals surface area contributed by atoms with Gasteiger partial charge in [-0.25, -0.2) is 0 Å². The molecule has 1 atom stereocenters. The molecule has 0 bridgehead atoms. The van der Waals surface area contributed by atoms with E-state index in [0.717, 1.165) is 37.8 Å². The zero-order valence-corrected chi connectivity index (χ0v) is 14.0. The first kappa shape index (κ1) is 18.0. The fraction of sp³-hybridized carbons (Fsp3) is 0.667. The summed E-state index contributed by atoms with van der Waals surface area (Å²) in [5.41, 5.74) is 1.31. The third kappa shape index (κ3) is 7.49. The second-order valence-electron chi connectivity index (χ2n) is 6.05. The van der Waals surface area contributed by atoms with E-state index in [2.05, 4.69) is 31.3 Å². The Hall–Kier alpha value is -1.06. The Morgan fingerprint density at radius 3 is 2.52 bits per heavy atom. The van der Waals surface area contributed by atoms with Crippen LogP contribution in [-0.4, -0.2) is 33.9 Å². The van der Waals surface area contributed by atoms with Gasteiger partial charge in [-0.3, -0.25) is 0 Å². The molecule has 0 saturated carbocycles. The minimum absolute atomic E-state index is 0.639. The molecule has 1 rings (SSSR count). The van der Waals surface area contributed by atoms with Gasteiger partial charge in [0.05, 0.1) is 13.7 Å². The first-order valence-electron chi connectivity index (χ1n) is 7.99. The van der Waals surface area contributed by atoms with Gasteiger partial charge >= 0.3 is 0 Å². The van der Waals surface area contributed by atoms with E-state index in [4.69, 9.17) is 9.47 Å². The maximum atomic E-state index is 5.47. The average molecular weight is 293 g/mol. The second-order valence-corrected chi connectivity index (χ2v) is 6.05. The average Bonchev–Trinajstić information content (AvgIpc) is 2.49. The summed E-state index contributed by atoms with van der Waals surface area (Å²) in [6.07, 6.45) is 3.58. The Bertz CT molecular complexity index is 379. The van der Waals surface area contributed by atoms with Gasteiger partial charge in [-0.05, 0) is 42.9 Å². The van der Waals surface area contributed by atoms with Gasteiger partial charge < -0.3 is 14.8 Å². The number of ether oxygens (including phenoxy) is 2. The monoisotopic (exact) mass is 293 g/mol. The third-order valence-corrected chi connectivity index (χ3v) is 3.77. The van der Waals surface area contributed by atoms with Crippen molar-refractivity contribution in [3.63, 3.8) is 0 Å². The molecule has 21 heavy (non-hydrogen) atoms. The molecule has 0 heterocycles. The lowest BCUT2D eigenvalue weighted by Gasteiger charge is -2.20. The molecule has 0 aliphatic carbocycles. The second kappa shape index (κ2) is 10.6. The van der Waals surface area contributed by atoms with Crippen molar-refractivity contribution in [3.05, 3.63) is 29.8 Å². The number of rotatable bonds is 11. The Labute approximate surface area is 130 Å². The van der Waals surface area contributed by atoms with Crippen LogP contribution in [0.25, 0.3) is 0 Å². The first-order chi connectivity index (χ1) is 10.2. The summed E-state index contributed by atoms with van der Waals surface area (Å²) in [4.78, 5) is 0. The standard InChI is InChI=1S/C18H31NO2/c1-15(2)9-10-16(14-19-11-12-20-3)13-17-7-5-6-8-18(17)21-4/h5-8,15-16,19H,9-14H2,1-4H3. The molecule has 0 aromatic heterocycles.